The quantitative estimate of drug-likeness (QED) is 0.752. The molecule has 0 N–H and O–H groups in total. The number of hydrogen-bond acceptors (Lipinski definition) is 5. The van der Waals surface area contributed by atoms with E-state index in [1.807, 2.05) is 0 Å². The van der Waals surface area contributed by atoms with E-state index in [0.717, 1.165) is 51.2 Å². The van der Waals surface area contributed by atoms with E-state index in [4.69, 9.17) is 9.47 Å². The van der Waals surface area contributed by atoms with Gasteiger partial charge in [0.15, 0.2) is 0 Å². The second-order valence-corrected chi connectivity index (χ2v) is 10.7. The number of sulfonamides is 1. The molecule has 4 fully saturated rings. The van der Waals surface area contributed by atoms with Crippen molar-refractivity contribution in [2.75, 3.05) is 46.0 Å². The molecular weight excluding hydrogens is 390 g/mol. The number of halogens is 2. The molecule has 0 aromatic heterocycles. The molecule has 9 heteroatoms. The smallest absolute Gasteiger partial charge is 0.243 e. The minimum atomic E-state index is -3.97. The lowest BCUT2D eigenvalue weighted by atomic mass is 9.63. The summed E-state index contributed by atoms with van der Waals surface area (Å²) in [6.45, 7) is 3.97. The molecular formula is C19H24F2N2O4S. The highest BCUT2D eigenvalue weighted by molar-refractivity contribution is 7.89. The zero-order valence-corrected chi connectivity index (χ0v) is 16.4. The average molecular weight is 414 g/mol. The summed E-state index contributed by atoms with van der Waals surface area (Å²) in [5.74, 6) is -1.79. The molecule has 3 saturated heterocycles. The van der Waals surface area contributed by atoms with Crippen LogP contribution in [0.3, 0.4) is 0 Å². The van der Waals surface area contributed by atoms with Gasteiger partial charge in [0.25, 0.3) is 0 Å². The molecule has 1 saturated carbocycles. The molecule has 1 aromatic rings. The summed E-state index contributed by atoms with van der Waals surface area (Å²) < 4.78 is 65.7. The third-order valence-corrected chi connectivity index (χ3v) is 8.53. The number of hydrogen-bond donors (Lipinski definition) is 0. The van der Waals surface area contributed by atoms with Crippen LogP contribution in [0, 0.1) is 17.0 Å². The Balaban J connectivity index is 1.29. The lowest BCUT2D eigenvalue weighted by molar-refractivity contribution is -0.185. The summed E-state index contributed by atoms with van der Waals surface area (Å²) in [4.78, 5) is 2.06. The Morgan fingerprint density at radius 3 is 2.39 bits per heavy atom. The first-order chi connectivity index (χ1) is 13.3. The van der Waals surface area contributed by atoms with E-state index >= 15 is 0 Å². The highest BCUT2D eigenvalue weighted by atomic mass is 32.2. The zero-order valence-electron chi connectivity index (χ0n) is 15.6. The van der Waals surface area contributed by atoms with Crippen LogP contribution in [0.1, 0.15) is 19.3 Å². The third-order valence-electron chi connectivity index (χ3n) is 6.70. The van der Waals surface area contributed by atoms with E-state index in [-0.39, 0.29) is 24.6 Å². The van der Waals surface area contributed by atoms with Gasteiger partial charge in [0.05, 0.1) is 30.3 Å². The number of nitrogens with zero attached hydrogens (tertiary/aromatic N) is 2. The van der Waals surface area contributed by atoms with E-state index in [1.165, 1.54) is 4.31 Å². The van der Waals surface area contributed by atoms with Crippen molar-refractivity contribution in [2.24, 2.45) is 5.41 Å². The molecule has 1 atom stereocenters. The van der Waals surface area contributed by atoms with Gasteiger partial charge in [0, 0.05) is 43.7 Å². The Morgan fingerprint density at radius 1 is 1.04 bits per heavy atom. The van der Waals surface area contributed by atoms with E-state index in [2.05, 4.69) is 4.90 Å². The van der Waals surface area contributed by atoms with Crippen molar-refractivity contribution in [1.29, 1.82) is 0 Å². The van der Waals surface area contributed by atoms with Gasteiger partial charge in [0.1, 0.15) is 11.6 Å². The van der Waals surface area contributed by atoms with Gasteiger partial charge in [-0.3, -0.25) is 4.90 Å². The van der Waals surface area contributed by atoms with Crippen molar-refractivity contribution in [1.82, 2.24) is 9.21 Å². The van der Waals surface area contributed by atoms with Gasteiger partial charge in [-0.15, -0.1) is 0 Å². The molecule has 28 heavy (non-hydrogen) atoms. The maximum atomic E-state index is 13.5. The molecule has 0 radical (unpaired) electrons. The maximum absolute atomic E-state index is 13.5. The molecule has 5 rings (SSSR count). The fraction of sp³-hybridized carbons (Fsp3) is 0.684. The molecule has 6 nitrogen and oxygen atoms in total. The lowest BCUT2D eigenvalue weighted by Crippen LogP contribution is -2.60. The van der Waals surface area contributed by atoms with E-state index < -0.39 is 27.3 Å². The molecule has 154 valence electrons. The molecule has 3 aliphatic heterocycles. The summed E-state index contributed by atoms with van der Waals surface area (Å²) in [6, 6.07) is 2.93. The third kappa shape index (κ3) is 3.08. The largest absolute Gasteiger partial charge is 0.380 e. The minimum absolute atomic E-state index is 0.187. The molecule has 1 aliphatic carbocycles. The monoisotopic (exact) mass is 414 g/mol. The standard InChI is InChI=1S/C19H24F2N2O4S/c20-14-5-15(21)7-17(6-14)28(24,25)23-3-4-27-19(11-23)1-2-22(10-19)16-8-18(9-16)12-26-13-18/h5-7,16H,1-4,8-13H2. The van der Waals surface area contributed by atoms with Crippen LogP contribution in [0.2, 0.25) is 0 Å². The van der Waals surface area contributed by atoms with Crippen molar-refractivity contribution >= 4 is 10.0 Å². The van der Waals surface area contributed by atoms with Crippen molar-refractivity contribution < 1.29 is 26.7 Å². The first-order valence-corrected chi connectivity index (χ1v) is 11.2. The molecule has 1 aromatic carbocycles. The Kier molecular flexibility index (Phi) is 4.34. The van der Waals surface area contributed by atoms with Gasteiger partial charge in [-0.2, -0.15) is 4.31 Å². The van der Waals surface area contributed by atoms with Gasteiger partial charge in [-0.1, -0.05) is 0 Å². The summed E-state index contributed by atoms with van der Waals surface area (Å²) in [7, 11) is -3.97. The predicted molar refractivity (Wildman–Crippen MR) is 96.3 cm³/mol. The second kappa shape index (κ2) is 6.43. The van der Waals surface area contributed by atoms with Crippen molar-refractivity contribution in [2.45, 2.75) is 35.8 Å². The first-order valence-electron chi connectivity index (χ1n) is 9.71. The van der Waals surface area contributed by atoms with Gasteiger partial charge in [-0.25, -0.2) is 17.2 Å². The van der Waals surface area contributed by atoms with Crippen molar-refractivity contribution in [3.8, 4) is 0 Å². The maximum Gasteiger partial charge on any atom is 0.243 e. The molecule has 1 unspecified atom stereocenters. The molecule has 0 amide bonds. The Labute approximate surface area is 163 Å². The van der Waals surface area contributed by atoms with Crippen LogP contribution in [0.25, 0.3) is 0 Å². The fourth-order valence-corrected chi connectivity index (χ4v) is 6.64. The van der Waals surface area contributed by atoms with Crippen LogP contribution in [0.4, 0.5) is 8.78 Å². The zero-order chi connectivity index (χ0) is 19.6. The predicted octanol–water partition coefficient (Wildman–Crippen LogP) is 1.61. The Hall–Kier alpha value is -1.13. The molecule has 2 spiro atoms. The molecule has 4 aliphatic rings. The van der Waals surface area contributed by atoms with Crippen molar-refractivity contribution in [3.05, 3.63) is 29.8 Å². The van der Waals surface area contributed by atoms with E-state index in [9.17, 15) is 17.2 Å². The van der Waals surface area contributed by atoms with Gasteiger partial charge in [0.2, 0.25) is 10.0 Å². The summed E-state index contributed by atoms with van der Waals surface area (Å²) in [5, 5.41) is 0. The second-order valence-electron chi connectivity index (χ2n) is 8.75. The van der Waals surface area contributed by atoms with Gasteiger partial charge in [-0.05, 0) is 31.4 Å². The molecule has 3 heterocycles. The van der Waals surface area contributed by atoms with Crippen molar-refractivity contribution in [3.63, 3.8) is 0 Å². The number of likely N-dealkylation sites (tertiary alicyclic amines) is 1. The number of rotatable bonds is 3. The number of benzene rings is 1. The lowest BCUT2D eigenvalue weighted by Gasteiger charge is -2.56. The minimum Gasteiger partial charge on any atom is -0.380 e. The highest BCUT2D eigenvalue weighted by Gasteiger charge is 2.55. The fourth-order valence-electron chi connectivity index (χ4n) is 5.10. The molecule has 0 bridgehead atoms. The van der Waals surface area contributed by atoms with E-state index in [1.54, 1.807) is 0 Å². The van der Waals surface area contributed by atoms with Crippen LogP contribution < -0.4 is 0 Å². The van der Waals surface area contributed by atoms with Gasteiger partial charge >= 0.3 is 0 Å². The normalized spacial score (nSPS) is 31.2. The average Bonchev–Trinajstić information content (AvgIpc) is 2.94. The van der Waals surface area contributed by atoms with Crippen LogP contribution in [-0.2, 0) is 19.5 Å². The summed E-state index contributed by atoms with van der Waals surface area (Å²) >= 11 is 0. The van der Waals surface area contributed by atoms with E-state index in [0.29, 0.717) is 24.1 Å². The summed E-state index contributed by atoms with van der Waals surface area (Å²) in [6.07, 6.45) is 3.03. The SMILES string of the molecule is O=S(=O)(c1cc(F)cc(F)c1)N1CCOC2(CCN(C3CC4(COC4)C3)C2)C1. The number of ether oxygens (including phenoxy) is 2. The van der Waals surface area contributed by atoms with Crippen LogP contribution in [0.5, 0.6) is 0 Å². The Morgan fingerprint density at radius 2 is 1.75 bits per heavy atom. The first kappa shape index (κ1) is 18.9. The topological polar surface area (TPSA) is 59.1 Å². The Bertz CT molecular complexity index is 864. The summed E-state index contributed by atoms with van der Waals surface area (Å²) in [5.41, 5.74) is -0.166. The van der Waals surface area contributed by atoms with Crippen LogP contribution in [0.15, 0.2) is 23.1 Å². The highest BCUT2D eigenvalue weighted by Crippen LogP contribution is 2.50. The number of morpholine rings is 1. The van der Waals surface area contributed by atoms with Crippen LogP contribution >= 0.6 is 0 Å². The van der Waals surface area contributed by atoms with Crippen LogP contribution in [-0.4, -0.2) is 75.3 Å². The van der Waals surface area contributed by atoms with Gasteiger partial charge < -0.3 is 9.47 Å².